The number of hydrogen-bond acceptors (Lipinski definition) is 2. The maximum atomic E-state index is 9.90. The van der Waals surface area contributed by atoms with Crippen LogP contribution in [0.4, 0.5) is 0 Å². The predicted molar refractivity (Wildman–Crippen MR) is 62.7 cm³/mol. The van der Waals surface area contributed by atoms with E-state index >= 15 is 0 Å². The molecule has 0 aliphatic rings. The maximum Gasteiger partial charge on any atom is 0.234 e. The molecule has 0 saturated heterocycles. The van der Waals surface area contributed by atoms with Gasteiger partial charge >= 0.3 is 0 Å². The molecule has 76 valence electrons. The van der Waals surface area contributed by atoms with E-state index in [1.807, 2.05) is 12.1 Å². The Hall–Kier alpha value is -1.38. The molecule has 0 amide bonds. The molecule has 0 aliphatic carbocycles. The summed E-state index contributed by atoms with van der Waals surface area (Å²) in [6, 6.07) is 8.14. The third-order valence-electron chi connectivity index (χ3n) is 2.20. The predicted octanol–water partition coefficient (Wildman–Crippen LogP) is 2.81. The number of carbonyl (C=O) groups excluding carboxylic acids is 1. The number of benzene rings is 1. The molecule has 0 fully saturated rings. The Morgan fingerprint density at radius 2 is 2.27 bits per heavy atom. The lowest BCUT2D eigenvalue weighted by Gasteiger charge is -1.90. The number of H-pyrrole nitrogens is 1. The second kappa shape index (κ2) is 4.43. The Labute approximate surface area is 95.3 Å². The van der Waals surface area contributed by atoms with Gasteiger partial charge in [-0.2, -0.15) is 0 Å². The summed E-state index contributed by atoms with van der Waals surface area (Å²) in [5, 5.41) is 1.16. The van der Waals surface area contributed by atoms with Gasteiger partial charge in [0.15, 0.2) is 0 Å². The minimum atomic E-state index is 0.484. The molecule has 0 bridgehead atoms. The van der Waals surface area contributed by atoms with Crippen molar-refractivity contribution in [3.8, 4) is 0 Å². The summed E-state index contributed by atoms with van der Waals surface area (Å²) >= 11 is 3.42. The Morgan fingerprint density at radius 1 is 1.40 bits per heavy atom. The Kier molecular flexibility index (Phi) is 2.99. The van der Waals surface area contributed by atoms with Gasteiger partial charge in [0.25, 0.3) is 0 Å². The topological polar surface area (TPSA) is 45.2 Å². The molecular weight excluding hydrogens is 256 g/mol. The van der Waals surface area contributed by atoms with E-state index in [0.717, 1.165) is 27.5 Å². The van der Waals surface area contributed by atoms with Crippen LogP contribution >= 0.6 is 15.9 Å². The van der Waals surface area contributed by atoms with Crippen molar-refractivity contribution >= 4 is 32.9 Å². The maximum absolute atomic E-state index is 9.90. The van der Waals surface area contributed by atoms with Crippen LogP contribution in [0.15, 0.2) is 33.7 Å². The molecule has 1 N–H and O–H groups in total. The molecule has 1 heterocycles. The van der Waals surface area contributed by atoms with E-state index < -0.39 is 0 Å². The van der Waals surface area contributed by atoms with E-state index in [0.29, 0.717) is 6.54 Å². The Balaban J connectivity index is 2.26. The smallest absolute Gasteiger partial charge is 0.234 e. The highest BCUT2D eigenvalue weighted by Gasteiger charge is 2.00. The van der Waals surface area contributed by atoms with Crippen LogP contribution in [0.5, 0.6) is 0 Å². The van der Waals surface area contributed by atoms with Crippen LogP contribution in [0.1, 0.15) is 5.69 Å². The monoisotopic (exact) mass is 264 g/mol. The highest BCUT2D eigenvalue weighted by Crippen LogP contribution is 2.20. The number of aliphatic imine (C=N–C) groups is 1. The van der Waals surface area contributed by atoms with E-state index in [2.05, 4.69) is 38.0 Å². The van der Waals surface area contributed by atoms with E-state index in [4.69, 9.17) is 0 Å². The largest absolute Gasteiger partial charge is 0.358 e. The van der Waals surface area contributed by atoms with Crippen molar-refractivity contribution in [1.82, 2.24) is 4.98 Å². The molecule has 0 saturated carbocycles. The standard InChI is InChI=1S/C11H9BrN2O/c12-9-1-2-11-8(5-9)6-10(14-11)3-4-13-7-15/h1-2,5-6,14H,3-4H2. The van der Waals surface area contributed by atoms with Gasteiger partial charge < -0.3 is 4.98 Å². The molecule has 1 aromatic carbocycles. The minimum absolute atomic E-state index is 0.484. The summed E-state index contributed by atoms with van der Waals surface area (Å²) in [6.45, 7) is 0.484. The van der Waals surface area contributed by atoms with Gasteiger partial charge in [0.1, 0.15) is 0 Å². The van der Waals surface area contributed by atoms with E-state index in [-0.39, 0.29) is 0 Å². The van der Waals surface area contributed by atoms with Crippen LogP contribution in [-0.2, 0) is 11.2 Å². The first-order valence-electron chi connectivity index (χ1n) is 4.60. The third-order valence-corrected chi connectivity index (χ3v) is 2.69. The number of aromatic nitrogens is 1. The van der Waals surface area contributed by atoms with E-state index in [1.165, 1.54) is 6.08 Å². The fourth-order valence-electron chi connectivity index (χ4n) is 1.52. The second-order valence-corrected chi connectivity index (χ2v) is 4.16. The molecule has 0 unspecified atom stereocenters. The Morgan fingerprint density at radius 3 is 3.07 bits per heavy atom. The summed E-state index contributed by atoms with van der Waals surface area (Å²) in [7, 11) is 0. The molecule has 0 radical (unpaired) electrons. The molecule has 0 aliphatic heterocycles. The number of rotatable bonds is 3. The highest BCUT2D eigenvalue weighted by atomic mass is 79.9. The van der Waals surface area contributed by atoms with Crippen molar-refractivity contribution in [2.24, 2.45) is 4.99 Å². The third kappa shape index (κ3) is 2.35. The van der Waals surface area contributed by atoms with Gasteiger partial charge in [-0.25, -0.2) is 9.79 Å². The number of nitrogens with zero attached hydrogens (tertiary/aromatic N) is 1. The van der Waals surface area contributed by atoms with Crippen LogP contribution in [-0.4, -0.2) is 17.6 Å². The summed E-state index contributed by atoms with van der Waals surface area (Å²) in [5.74, 6) is 0. The van der Waals surface area contributed by atoms with Crippen molar-refractivity contribution in [1.29, 1.82) is 0 Å². The molecule has 0 spiro atoms. The van der Waals surface area contributed by atoms with Crippen molar-refractivity contribution in [2.45, 2.75) is 6.42 Å². The van der Waals surface area contributed by atoms with Crippen molar-refractivity contribution in [3.63, 3.8) is 0 Å². The van der Waals surface area contributed by atoms with Gasteiger partial charge in [-0.15, -0.1) is 0 Å². The first-order chi connectivity index (χ1) is 7.29. The number of nitrogens with one attached hydrogen (secondary N) is 1. The van der Waals surface area contributed by atoms with Gasteiger partial charge in [-0.1, -0.05) is 15.9 Å². The van der Waals surface area contributed by atoms with E-state index in [1.54, 1.807) is 0 Å². The molecule has 4 heteroatoms. The number of aromatic amines is 1. The quantitative estimate of drug-likeness (QED) is 0.673. The van der Waals surface area contributed by atoms with Gasteiger partial charge in [0, 0.05) is 27.5 Å². The SMILES string of the molecule is O=C=NCCc1cc2cc(Br)ccc2[nH]1. The lowest BCUT2D eigenvalue weighted by molar-refractivity contribution is 0.563. The first-order valence-corrected chi connectivity index (χ1v) is 5.39. The van der Waals surface area contributed by atoms with Crippen LogP contribution in [0.2, 0.25) is 0 Å². The van der Waals surface area contributed by atoms with Gasteiger partial charge in [-0.3, -0.25) is 0 Å². The summed E-state index contributed by atoms with van der Waals surface area (Å²) in [5.41, 5.74) is 2.19. The average Bonchev–Trinajstić information content (AvgIpc) is 2.60. The van der Waals surface area contributed by atoms with Gasteiger partial charge in [-0.05, 0) is 24.3 Å². The number of isocyanates is 1. The minimum Gasteiger partial charge on any atom is -0.358 e. The molecule has 2 rings (SSSR count). The number of halogens is 1. The van der Waals surface area contributed by atoms with Gasteiger partial charge in [0.05, 0.1) is 6.54 Å². The second-order valence-electron chi connectivity index (χ2n) is 3.25. The fourth-order valence-corrected chi connectivity index (χ4v) is 1.90. The van der Waals surface area contributed by atoms with Crippen molar-refractivity contribution in [2.75, 3.05) is 6.54 Å². The van der Waals surface area contributed by atoms with Crippen molar-refractivity contribution in [3.05, 3.63) is 34.4 Å². The molecule has 1 aromatic heterocycles. The fraction of sp³-hybridized carbons (Fsp3) is 0.182. The van der Waals surface area contributed by atoms with Crippen molar-refractivity contribution < 1.29 is 4.79 Å². The molecule has 0 atom stereocenters. The Bertz CT molecular complexity index is 526. The van der Waals surface area contributed by atoms with Crippen LogP contribution < -0.4 is 0 Å². The zero-order valence-electron chi connectivity index (χ0n) is 7.96. The van der Waals surface area contributed by atoms with E-state index in [9.17, 15) is 4.79 Å². The van der Waals surface area contributed by atoms with Gasteiger partial charge in [0.2, 0.25) is 6.08 Å². The van der Waals surface area contributed by atoms with Crippen LogP contribution in [0, 0.1) is 0 Å². The van der Waals surface area contributed by atoms with Crippen LogP contribution in [0.25, 0.3) is 10.9 Å². The molecule has 3 nitrogen and oxygen atoms in total. The molecular formula is C11H9BrN2O. The summed E-state index contributed by atoms with van der Waals surface area (Å²) in [4.78, 5) is 16.7. The lowest BCUT2D eigenvalue weighted by Crippen LogP contribution is -1.88. The average molecular weight is 265 g/mol. The summed E-state index contributed by atoms with van der Waals surface area (Å²) in [6.07, 6.45) is 2.27. The lowest BCUT2D eigenvalue weighted by atomic mass is 10.2. The normalized spacial score (nSPS) is 10.2. The summed E-state index contributed by atoms with van der Waals surface area (Å²) < 4.78 is 1.06. The highest BCUT2D eigenvalue weighted by molar-refractivity contribution is 9.10. The first kappa shape index (κ1) is 10.1. The zero-order chi connectivity index (χ0) is 10.7. The van der Waals surface area contributed by atoms with Crippen LogP contribution in [0.3, 0.4) is 0 Å². The molecule has 2 aromatic rings. The zero-order valence-corrected chi connectivity index (χ0v) is 9.54. The number of hydrogen-bond donors (Lipinski definition) is 1. The number of fused-ring (bicyclic) bond motifs is 1. The molecule has 15 heavy (non-hydrogen) atoms.